The van der Waals surface area contributed by atoms with Crippen LogP contribution in [0.5, 0.6) is 0 Å². The molecule has 0 saturated carbocycles. The van der Waals surface area contributed by atoms with E-state index in [-0.39, 0.29) is 18.4 Å². The zero-order valence-electron chi connectivity index (χ0n) is 11.1. The summed E-state index contributed by atoms with van der Waals surface area (Å²) in [7, 11) is 1.55. The Kier molecular flexibility index (Phi) is 8.40. The lowest BCUT2D eigenvalue weighted by Crippen LogP contribution is -2.35. The lowest BCUT2D eigenvalue weighted by Gasteiger charge is -2.19. The van der Waals surface area contributed by atoms with Gasteiger partial charge in [-0.2, -0.15) is 0 Å². The molecule has 17 heavy (non-hydrogen) atoms. The van der Waals surface area contributed by atoms with Gasteiger partial charge >= 0.3 is 0 Å². The summed E-state index contributed by atoms with van der Waals surface area (Å²) in [4.78, 5) is 22.4. The standard InChI is InChI=1S/C12H25N3O2/c1-9(2)10(6-7-13)4-5-11(16)15-8-12(17)14-3/h9-10H,4-8,13H2,1-3H3,(H,14,17)(H,15,16). The summed E-state index contributed by atoms with van der Waals surface area (Å²) in [6.07, 6.45) is 2.23. The summed E-state index contributed by atoms with van der Waals surface area (Å²) in [6, 6.07) is 0. The molecular formula is C12H25N3O2. The second kappa shape index (κ2) is 8.98. The number of carbonyl (C=O) groups excluding carboxylic acids is 2. The van der Waals surface area contributed by atoms with Gasteiger partial charge < -0.3 is 16.4 Å². The van der Waals surface area contributed by atoms with E-state index in [9.17, 15) is 9.59 Å². The van der Waals surface area contributed by atoms with Crippen molar-refractivity contribution in [1.29, 1.82) is 0 Å². The van der Waals surface area contributed by atoms with Gasteiger partial charge in [0, 0.05) is 13.5 Å². The molecule has 0 radical (unpaired) electrons. The molecule has 0 heterocycles. The van der Waals surface area contributed by atoms with Gasteiger partial charge in [0.25, 0.3) is 0 Å². The van der Waals surface area contributed by atoms with Crippen molar-refractivity contribution in [3.05, 3.63) is 0 Å². The van der Waals surface area contributed by atoms with Crippen molar-refractivity contribution in [2.75, 3.05) is 20.1 Å². The fraction of sp³-hybridized carbons (Fsp3) is 0.833. The van der Waals surface area contributed by atoms with Crippen LogP contribution >= 0.6 is 0 Å². The summed E-state index contributed by atoms with van der Waals surface area (Å²) in [5.74, 6) is 0.757. The Morgan fingerprint density at radius 3 is 2.29 bits per heavy atom. The number of nitrogens with two attached hydrogens (primary N) is 1. The van der Waals surface area contributed by atoms with Crippen molar-refractivity contribution in [3.8, 4) is 0 Å². The maximum Gasteiger partial charge on any atom is 0.239 e. The molecule has 2 amide bonds. The van der Waals surface area contributed by atoms with Crippen molar-refractivity contribution in [2.24, 2.45) is 17.6 Å². The number of hydrogen-bond donors (Lipinski definition) is 3. The van der Waals surface area contributed by atoms with Crippen molar-refractivity contribution in [3.63, 3.8) is 0 Å². The summed E-state index contributed by atoms with van der Waals surface area (Å²) >= 11 is 0. The fourth-order valence-corrected chi connectivity index (χ4v) is 1.70. The van der Waals surface area contributed by atoms with E-state index in [0.29, 0.717) is 24.8 Å². The second-order valence-corrected chi connectivity index (χ2v) is 4.57. The van der Waals surface area contributed by atoms with Gasteiger partial charge in [-0.3, -0.25) is 9.59 Å². The van der Waals surface area contributed by atoms with Gasteiger partial charge in [-0.15, -0.1) is 0 Å². The molecule has 5 nitrogen and oxygen atoms in total. The largest absolute Gasteiger partial charge is 0.358 e. The molecule has 0 aliphatic rings. The van der Waals surface area contributed by atoms with E-state index in [4.69, 9.17) is 5.73 Å². The maximum absolute atomic E-state index is 11.5. The van der Waals surface area contributed by atoms with Gasteiger partial charge in [0.15, 0.2) is 0 Å². The van der Waals surface area contributed by atoms with E-state index in [1.165, 1.54) is 0 Å². The minimum atomic E-state index is -0.180. The molecule has 0 rings (SSSR count). The van der Waals surface area contributed by atoms with Crippen LogP contribution in [-0.4, -0.2) is 32.0 Å². The second-order valence-electron chi connectivity index (χ2n) is 4.57. The van der Waals surface area contributed by atoms with Gasteiger partial charge in [-0.1, -0.05) is 13.8 Å². The third kappa shape index (κ3) is 7.74. The molecule has 4 N–H and O–H groups in total. The van der Waals surface area contributed by atoms with Crippen molar-refractivity contribution < 1.29 is 9.59 Å². The average molecular weight is 243 g/mol. The van der Waals surface area contributed by atoms with Gasteiger partial charge in [0.1, 0.15) is 0 Å². The number of likely N-dealkylation sites (N-methyl/N-ethyl adjacent to an activating group) is 1. The molecular weight excluding hydrogens is 218 g/mol. The molecule has 0 saturated heterocycles. The summed E-state index contributed by atoms with van der Waals surface area (Å²) in [5, 5.41) is 5.04. The van der Waals surface area contributed by atoms with Gasteiger partial charge in [-0.05, 0) is 31.2 Å². The van der Waals surface area contributed by atoms with Crippen LogP contribution < -0.4 is 16.4 Å². The van der Waals surface area contributed by atoms with E-state index in [0.717, 1.165) is 12.8 Å². The molecule has 100 valence electrons. The third-order valence-corrected chi connectivity index (χ3v) is 2.95. The molecule has 0 spiro atoms. The number of nitrogens with one attached hydrogen (secondary N) is 2. The molecule has 0 bridgehead atoms. The highest BCUT2D eigenvalue weighted by molar-refractivity contribution is 5.84. The Hall–Kier alpha value is -1.10. The first kappa shape index (κ1) is 15.9. The van der Waals surface area contributed by atoms with E-state index in [1.807, 2.05) is 0 Å². The van der Waals surface area contributed by atoms with Gasteiger partial charge in [0.05, 0.1) is 6.54 Å². The first-order valence-electron chi connectivity index (χ1n) is 6.18. The Morgan fingerprint density at radius 1 is 1.18 bits per heavy atom. The summed E-state index contributed by atoms with van der Waals surface area (Å²) in [5.41, 5.74) is 5.54. The van der Waals surface area contributed by atoms with Crippen molar-refractivity contribution in [1.82, 2.24) is 10.6 Å². The Morgan fingerprint density at radius 2 is 1.82 bits per heavy atom. The lowest BCUT2D eigenvalue weighted by atomic mass is 9.88. The predicted molar refractivity (Wildman–Crippen MR) is 68.3 cm³/mol. The van der Waals surface area contributed by atoms with Crippen LogP contribution in [0.15, 0.2) is 0 Å². The van der Waals surface area contributed by atoms with Crippen LogP contribution in [0.3, 0.4) is 0 Å². The Labute approximate surface area is 104 Å². The van der Waals surface area contributed by atoms with Crippen LogP contribution in [0.2, 0.25) is 0 Å². The molecule has 0 aromatic rings. The van der Waals surface area contributed by atoms with Crippen LogP contribution in [-0.2, 0) is 9.59 Å². The zero-order chi connectivity index (χ0) is 13.3. The number of hydrogen-bond acceptors (Lipinski definition) is 3. The highest BCUT2D eigenvalue weighted by atomic mass is 16.2. The Bertz CT molecular complexity index is 242. The molecule has 1 atom stereocenters. The summed E-state index contributed by atoms with van der Waals surface area (Å²) in [6.45, 7) is 4.99. The monoisotopic (exact) mass is 243 g/mol. The number of amides is 2. The molecule has 0 aromatic carbocycles. The lowest BCUT2D eigenvalue weighted by molar-refractivity contribution is -0.126. The highest BCUT2D eigenvalue weighted by Gasteiger charge is 2.14. The SMILES string of the molecule is CNC(=O)CNC(=O)CCC(CCN)C(C)C. The van der Waals surface area contributed by atoms with E-state index in [1.54, 1.807) is 7.05 Å². The maximum atomic E-state index is 11.5. The fourth-order valence-electron chi connectivity index (χ4n) is 1.70. The number of carbonyl (C=O) groups is 2. The first-order valence-corrected chi connectivity index (χ1v) is 6.18. The van der Waals surface area contributed by atoms with Gasteiger partial charge in [-0.25, -0.2) is 0 Å². The highest BCUT2D eigenvalue weighted by Crippen LogP contribution is 2.20. The predicted octanol–water partition coefficient (Wildman–Crippen LogP) is 0.250. The van der Waals surface area contributed by atoms with Crippen LogP contribution in [0.25, 0.3) is 0 Å². The minimum Gasteiger partial charge on any atom is -0.358 e. The quantitative estimate of drug-likeness (QED) is 0.571. The van der Waals surface area contributed by atoms with Crippen molar-refractivity contribution >= 4 is 11.8 Å². The third-order valence-electron chi connectivity index (χ3n) is 2.95. The van der Waals surface area contributed by atoms with E-state index < -0.39 is 0 Å². The smallest absolute Gasteiger partial charge is 0.239 e. The zero-order valence-corrected chi connectivity index (χ0v) is 11.1. The molecule has 1 unspecified atom stereocenters. The molecule has 0 aromatic heterocycles. The van der Waals surface area contributed by atoms with Crippen LogP contribution in [0.4, 0.5) is 0 Å². The molecule has 0 aliphatic carbocycles. The normalized spacial score (nSPS) is 12.3. The topological polar surface area (TPSA) is 84.2 Å². The molecule has 5 heteroatoms. The van der Waals surface area contributed by atoms with Crippen LogP contribution in [0, 0.1) is 11.8 Å². The number of rotatable bonds is 8. The molecule has 0 aliphatic heterocycles. The first-order chi connectivity index (χ1) is 8.01. The molecule has 0 fully saturated rings. The van der Waals surface area contributed by atoms with E-state index >= 15 is 0 Å². The Balaban J connectivity index is 3.84. The van der Waals surface area contributed by atoms with Crippen LogP contribution in [0.1, 0.15) is 33.1 Å². The van der Waals surface area contributed by atoms with Gasteiger partial charge in [0.2, 0.25) is 11.8 Å². The van der Waals surface area contributed by atoms with E-state index in [2.05, 4.69) is 24.5 Å². The average Bonchev–Trinajstić information content (AvgIpc) is 2.30. The minimum absolute atomic E-state index is 0.0541. The summed E-state index contributed by atoms with van der Waals surface area (Å²) < 4.78 is 0. The van der Waals surface area contributed by atoms with Crippen molar-refractivity contribution in [2.45, 2.75) is 33.1 Å².